The van der Waals surface area contributed by atoms with Gasteiger partial charge in [0.05, 0.1) is 0 Å². The van der Waals surface area contributed by atoms with Crippen molar-refractivity contribution in [3.8, 4) is 0 Å². The van der Waals surface area contributed by atoms with E-state index in [9.17, 15) is 4.39 Å². The van der Waals surface area contributed by atoms with E-state index in [4.69, 9.17) is 0 Å². The molecule has 1 aliphatic rings. The first kappa shape index (κ1) is 10.7. The second-order valence-electron chi connectivity index (χ2n) is 4.61. The van der Waals surface area contributed by atoms with E-state index in [1.54, 1.807) is 10.5 Å². The van der Waals surface area contributed by atoms with Crippen molar-refractivity contribution in [3.05, 3.63) is 30.0 Å². The molecular formula is C12H15FN4. The zero-order chi connectivity index (χ0) is 11.7. The molecule has 0 aromatic carbocycles. The van der Waals surface area contributed by atoms with E-state index in [0.29, 0.717) is 11.6 Å². The molecule has 0 spiro atoms. The predicted octanol–water partition coefficient (Wildman–Crippen LogP) is 1.41. The fraction of sp³-hybridized carbons (Fsp3) is 0.500. The molecular weight excluding hydrogens is 219 g/mol. The molecule has 5 heteroatoms. The Morgan fingerprint density at radius 1 is 1.41 bits per heavy atom. The second kappa shape index (κ2) is 4.41. The van der Waals surface area contributed by atoms with Crippen molar-refractivity contribution < 1.29 is 4.39 Å². The highest BCUT2D eigenvalue weighted by Gasteiger charge is 2.16. The van der Waals surface area contributed by atoms with E-state index in [1.165, 1.54) is 25.1 Å². The number of piperidine rings is 1. The van der Waals surface area contributed by atoms with E-state index >= 15 is 0 Å². The topological polar surface area (TPSA) is 42.2 Å². The minimum atomic E-state index is -0.250. The predicted molar refractivity (Wildman–Crippen MR) is 62.2 cm³/mol. The Morgan fingerprint density at radius 3 is 3.18 bits per heavy atom. The molecule has 3 rings (SSSR count). The van der Waals surface area contributed by atoms with Gasteiger partial charge < -0.3 is 5.32 Å². The summed E-state index contributed by atoms with van der Waals surface area (Å²) in [5.74, 6) is 1.19. The first-order valence-corrected chi connectivity index (χ1v) is 6.03. The standard InChI is InChI=1S/C12H15FN4/c13-10-3-4-11-15-16-12(17(11)8-10)6-9-2-1-5-14-7-9/h3-4,8-9,14H,1-2,5-7H2. The molecule has 4 nitrogen and oxygen atoms in total. The summed E-state index contributed by atoms with van der Waals surface area (Å²) in [6.07, 6.45) is 4.73. The summed E-state index contributed by atoms with van der Waals surface area (Å²) in [7, 11) is 0. The lowest BCUT2D eigenvalue weighted by Gasteiger charge is -2.21. The molecule has 1 fully saturated rings. The van der Waals surface area contributed by atoms with Crippen LogP contribution in [-0.2, 0) is 6.42 Å². The number of fused-ring (bicyclic) bond motifs is 1. The average molecular weight is 234 g/mol. The Labute approximate surface area is 98.9 Å². The van der Waals surface area contributed by atoms with Crippen molar-refractivity contribution in [2.75, 3.05) is 13.1 Å². The van der Waals surface area contributed by atoms with Crippen molar-refractivity contribution in [1.82, 2.24) is 19.9 Å². The van der Waals surface area contributed by atoms with Gasteiger partial charge >= 0.3 is 0 Å². The molecule has 1 atom stereocenters. The Balaban J connectivity index is 1.86. The van der Waals surface area contributed by atoms with Crippen molar-refractivity contribution in [2.45, 2.75) is 19.3 Å². The Kier molecular flexibility index (Phi) is 2.76. The van der Waals surface area contributed by atoms with Crippen LogP contribution in [0, 0.1) is 11.7 Å². The first-order chi connectivity index (χ1) is 8.33. The maximum Gasteiger partial charge on any atom is 0.160 e. The van der Waals surface area contributed by atoms with Crippen LogP contribution in [0.2, 0.25) is 0 Å². The quantitative estimate of drug-likeness (QED) is 0.854. The zero-order valence-electron chi connectivity index (χ0n) is 9.56. The highest BCUT2D eigenvalue weighted by Crippen LogP contribution is 2.16. The third-order valence-electron chi connectivity index (χ3n) is 3.31. The Hall–Kier alpha value is -1.49. The van der Waals surface area contributed by atoms with Gasteiger partial charge in [-0.1, -0.05) is 0 Å². The van der Waals surface area contributed by atoms with Crippen molar-refractivity contribution in [2.24, 2.45) is 5.92 Å². The van der Waals surface area contributed by atoms with Crippen molar-refractivity contribution in [3.63, 3.8) is 0 Å². The van der Waals surface area contributed by atoms with Gasteiger partial charge in [0.25, 0.3) is 0 Å². The molecule has 0 aliphatic carbocycles. The second-order valence-corrected chi connectivity index (χ2v) is 4.61. The van der Waals surface area contributed by atoms with Gasteiger partial charge in [-0.05, 0) is 44.0 Å². The number of nitrogens with zero attached hydrogens (tertiary/aromatic N) is 3. The van der Waals surface area contributed by atoms with Gasteiger partial charge in [0.1, 0.15) is 11.6 Å². The van der Waals surface area contributed by atoms with Crippen molar-refractivity contribution in [1.29, 1.82) is 0 Å². The molecule has 0 radical (unpaired) electrons. The van der Waals surface area contributed by atoms with Crippen LogP contribution in [0.25, 0.3) is 5.65 Å². The molecule has 0 saturated carbocycles. The van der Waals surface area contributed by atoms with E-state index in [1.807, 2.05) is 0 Å². The summed E-state index contributed by atoms with van der Waals surface area (Å²) in [6.45, 7) is 2.12. The smallest absolute Gasteiger partial charge is 0.160 e. The SMILES string of the molecule is Fc1ccc2nnc(CC3CCCNC3)n2c1. The summed E-state index contributed by atoms with van der Waals surface area (Å²) < 4.78 is 14.9. The fourth-order valence-electron chi connectivity index (χ4n) is 2.41. The molecule has 3 heterocycles. The maximum atomic E-state index is 13.2. The fourth-order valence-corrected chi connectivity index (χ4v) is 2.41. The summed E-state index contributed by atoms with van der Waals surface area (Å²) in [6, 6.07) is 3.07. The number of pyridine rings is 1. The summed E-state index contributed by atoms with van der Waals surface area (Å²) in [5.41, 5.74) is 0.713. The van der Waals surface area contributed by atoms with Crippen LogP contribution in [0.4, 0.5) is 4.39 Å². The van der Waals surface area contributed by atoms with Crippen LogP contribution in [0.15, 0.2) is 18.3 Å². The van der Waals surface area contributed by atoms with Gasteiger partial charge in [-0.25, -0.2) is 4.39 Å². The van der Waals surface area contributed by atoms with E-state index in [2.05, 4.69) is 15.5 Å². The van der Waals surface area contributed by atoms with Crippen LogP contribution in [0.5, 0.6) is 0 Å². The highest BCUT2D eigenvalue weighted by atomic mass is 19.1. The zero-order valence-corrected chi connectivity index (χ0v) is 9.56. The van der Waals surface area contributed by atoms with Gasteiger partial charge in [-0.3, -0.25) is 4.40 Å². The Bertz CT molecular complexity index is 516. The molecule has 2 aromatic heterocycles. The Morgan fingerprint density at radius 2 is 2.35 bits per heavy atom. The van der Waals surface area contributed by atoms with Crippen LogP contribution in [-0.4, -0.2) is 27.7 Å². The number of rotatable bonds is 2. The molecule has 1 unspecified atom stereocenters. The van der Waals surface area contributed by atoms with Crippen LogP contribution < -0.4 is 5.32 Å². The number of hydrogen-bond acceptors (Lipinski definition) is 3. The molecule has 1 aliphatic heterocycles. The monoisotopic (exact) mass is 234 g/mol. The molecule has 17 heavy (non-hydrogen) atoms. The maximum absolute atomic E-state index is 13.2. The van der Waals surface area contributed by atoms with Gasteiger partial charge in [-0.15, -0.1) is 10.2 Å². The van der Waals surface area contributed by atoms with Crippen LogP contribution >= 0.6 is 0 Å². The summed E-state index contributed by atoms with van der Waals surface area (Å²) in [4.78, 5) is 0. The lowest BCUT2D eigenvalue weighted by atomic mass is 9.96. The van der Waals surface area contributed by atoms with Gasteiger partial charge in [0, 0.05) is 12.6 Å². The van der Waals surface area contributed by atoms with Gasteiger partial charge in [0.15, 0.2) is 5.65 Å². The molecule has 1 N–H and O–H groups in total. The number of hydrogen-bond donors (Lipinski definition) is 1. The third-order valence-corrected chi connectivity index (χ3v) is 3.31. The number of halogens is 1. The number of aromatic nitrogens is 3. The number of nitrogens with one attached hydrogen (secondary N) is 1. The molecule has 0 bridgehead atoms. The lowest BCUT2D eigenvalue weighted by Crippen LogP contribution is -2.31. The van der Waals surface area contributed by atoms with E-state index in [-0.39, 0.29) is 5.82 Å². The van der Waals surface area contributed by atoms with Crippen LogP contribution in [0.1, 0.15) is 18.7 Å². The highest BCUT2D eigenvalue weighted by molar-refractivity contribution is 5.37. The van der Waals surface area contributed by atoms with Gasteiger partial charge in [-0.2, -0.15) is 0 Å². The van der Waals surface area contributed by atoms with Gasteiger partial charge in [0.2, 0.25) is 0 Å². The minimum Gasteiger partial charge on any atom is -0.316 e. The average Bonchev–Trinajstić information content (AvgIpc) is 2.73. The largest absolute Gasteiger partial charge is 0.316 e. The molecule has 2 aromatic rings. The van der Waals surface area contributed by atoms with Crippen LogP contribution in [0.3, 0.4) is 0 Å². The normalized spacial score (nSPS) is 20.9. The molecule has 0 amide bonds. The summed E-state index contributed by atoms with van der Waals surface area (Å²) in [5, 5.41) is 11.6. The molecule has 1 saturated heterocycles. The molecule has 90 valence electrons. The van der Waals surface area contributed by atoms with E-state index in [0.717, 1.165) is 25.3 Å². The minimum absolute atomic E-state index is 0.250. The van der Waals surface area contributed by atoms with Crippen molar-refractivity contribution >= 4 is 5.65 Å². The van der Waals surface area contributed by atoms with E-state index < -0.39 is 0 Å². The summed E-state index contributed by atoms with van der Waals surface area (Å²) >= 11 is 0. The first-order valence-electron chi connectivity index (χ1n) is 6.03. The lowest BCUT2D eigenvalue weighted by molar-refractivity contribution is 0.369. The third kappa shape index (κ3) is 2.15.